The van der Waals surface area contributed by atoms with Crippen LogP contribution < -0.4 is 27.4 Å². The molecule has 0 fully saturated rings. The van der Waals surface area contributed by atoms with Crippen molar-refractivity contribution in [2.45, 2.75) is 23.0 Å². The Balaban J connectivity index is 0.804. The van der Waals surface area contributed by atoms with Crippen molar-refractivity contribution in [3.8, 4) is 22.3 Å². The van der Waals surface area contributed by atoms with Crippen molar-refractivity contribution in [2.24, 2.45) is 0 Å². The number of benzene rings is 11. The molecule has 0 atom stereocenters. The van der Waals surface area contributed by atoms with Crippen molar-refractivity contribution in [1.82, 2.24) is 0 Å². The number of fused-ring (bicyclic) bond motifs is 14. The minimum atomic E-state index is -2.50. The first-order valence-electron chi connectivity index (χ1n) is 25.1. The third-order valence-corrected chi connectivity index (χ3v) is 31.0. The average molecular weight is 1050 g/mol. The van der Waals surface area contributed by atoms with Crippen molar-refractivity contribution in [3.63, 3.8) is 0 Å². The summed E-state index contributed by atoms with van der Waals surface area (Å²) in [5, 5.41) is 8.85. The van der Waals surface area contributed by atoms with E-state index in [4.69, 9.17) is 8.83 Å². The van der Waals surface area contributed by atoms with Crippen LogP contribution in [0.2, 0.25) is 23.0 Å². The zero-order valence-corrected chi connectivity index (χ0v) is 44.7. The van der Waals surface area contributed by atoms with Gasteiger partial charge in [0, 0.05) is 0 Å². The molecule has 342 valence electrons. The summed E-state index contributed by atoms with van der Waals surface area (Å²) in [5.41, 5.74) is 15.9. The van der Waals surface area contributed by atoms with E-state index < -0.39 is 26.5 Å². The molecule has 4 nitrogen and oxygen atoms in total. The molecule has 2 aromatic heterocycles. The van der Waals surface area contributed by atoms with Gasteiger partial charge in [-0.1, -0.05) is 0 Å². The SMILES string of the molecule is [CH3][Ge]1([CH3])[c]2ccccc2-c2ccc(N(c3ccccc3)c3ccc4cc5c(cc4c3)oc3cc4c(cc35)oc3cc5cc(N(c6ccccc6)c6ccc7[c](c6)[Ge]([CH3])([CH3])[c]6ccccc6-7)ccc5cc34)c[c]21. The maximum atomic E-state index is 6.78. The van der Waals surface area contributed by atoms with Gasteiger partial charge in [0.2, 0.25) is 0 Å². The van der Waals surface area contributed by atoms with Crippen molar-refractivity contribution in [2.75, 3.05) is 9.80 Å². The van der Waals surface area contributed by atoms with Crippen LogP contribution in [0, 0.1) is 0 Å². The normalized spacial score (nSPS) is 14.1. The van der Waals surface area contributed by atoms with Crippen LogP contribution in [0.4, 0.5) is 34.1 Å². The molecule has 0 spiro atoms. The van der Waals surface area contributed by atoms with Crippen LogP contribution in [0.1, 0.15) is 0 Å². The van der Waals surface area contributed by atoms with Gasteiger partial charge in [-0.3, -0.25) is 0 Å². The molecule has 4 heterocycles. The molecular weight excluding hydrogens is 998 g/mol. The topological polar surface area (TPSA) is 32.8 Å². The summed E-state index contributed by atoms with van der Waals surface area (Å²) < 4.78 is 19.8. The van der Waals surface area contributed by atoms with E-state index in [1.54, 1.807) is 8.79 Å². The summed E-state index contributed by atoms with van der Waals surface area (Å²) in [6, 6.07) is 80.9. The summed E-state index contributed by atoms with van der Waals surface area (Å²) in [5.74, 6) is 10.1. The van der Waals surface area contributed by atoms with Crippen molar-refractivity contribution < 1.29 is 8.83 Å². The van der Waals surface area contributed by atoms with E-state index in [0.29, 0.717) is 0 Å². The fourth-order valence-corrected chi connectivity index (χ4v) is 25.5. The molecule has 0 N–H and O–H groups in total. The Hall–Kier alpha value is -7.77. The monoisotopic (exact) mass is 1050 g/mol. The summed E-state index contributed by atoms with van der Waals surface area (Å²) in [6.45, 7) is 0. The number of rotatable bonds is 6. The molecule has 0 bridgehead atoms. The number of hydrogen-bond acceptors (Lipinski definition) is 4. The van der Waals surface area contributed by atoms with Crippen LogP contribution in [-0.4, -0.2) is 26.5 Å². The summed E-state index contributed by atoms with van der Waals surface area (Å²) in [4.78, 5) is 4.81. The molecule has 0 radical (unpaired) electrons. The van der Waals surface area contributed by atoms with Crippen molar-refractivity contribution in [1.29, 1.82) is 0 Å². The molecule has 2 aliphatic rings. The van der Waals surface area contributed by atoms with E-state index >= 15 is 0 Å². The molecule has 0 saturated heterocycles. The van der Waals surface area contributed by atoms with Crippen LogP contribution in [0.5, 0.6) is 0 Å². The fourth-order valence-electron chi connectivity index (χ4n) is 12.5. The summed E-state index contributed by atoms with van der Waals surface area (Å²) >= 11 is -5.00. The molecule has 15 rings (SSSR count). The van der Waals surface area contributed by atoms with E-state index in [1.165, 1.54) is 42.4 Å². The van der Waals surface area contributed by atoms with Gasteiger partial charge in [0.15, 0.2) is 0 Å². The van der Waals surface area contributed by atoms with E-state index in [0.717, 1.165) is 88.2 Å². The maximum absolute atomic E-state index is 6.78. The van der Waals surface area contributed by atoms with Crippen LogP contribution in [-0.2, 0) is 0 Å². The van der Waals surface area contributed by atoms with E-state index in [2.05, 4.69) is 251 Å². The predicted octanol–water partition coefficient (Wildman–Crippen LogP) is 16.3. The van der Waals surface area contributed by atoms with Gasteiger partial charge in [0.1, 0.15) is 0 Å². The quantitative estimate of drug-likeness (QED) is 0.155. The van der Waals surface area contributed by atoms with Crippen LogP contribution in [0.3, 0.4) is 0 Å². The Morgan fingerprint density at radius 1 is 0.264 bits per heavy atom. The summed E-state index contributed by atoms with van der Waals surface area (Å²) in [7, 11) is 0. The second kappa shape index (κ2) is 15.4. The van der Waals surface area contributed by atoms with Gasteiger partial charge in [0.25, 0.3) is 0 Å². The van der Waals surface area contributed by atoms with E-state index in [9.17, 15) is 0 Å². The predicted molar refractivity (Wildman–Crippen MR) is 310 cm³/mol. The van der Waals surface area contributed by atoms with Gasteiger partial charge in [-0.25, -0.2) is 0 Å². The fraction of sp³-hybridized carbons (Fsp3) is 0.0606. The van der Waals surface area contributed by atoms with Gasteiger partial charge in [-0.15, -0.1) is 0 Å². The van der Waals surface area contributed by atoms with Crippen molar-refractivity contribution in [3.05, 3.63) is 218 Å². The van der Waals surface area contributed by atoms with Crippen molar-refractivity contribution >= 4 is 144 Å². The molecular formula is C66H48Ge2N2O2. The zero-order chi connectivity index (χ0) is 48.0. The van der Waals surface area contributed by atoms with Gasteiger partial charge < -0.3 is 0 Å². The van der Waals surface area contributed by atoms with Gasteiger partial charge in [-0.2, -0.15) is 0 Å². The molecule has 0 saturated carbocycles. The molecule has 72 heavy (non-hydrogen) atoms. The Morgan fingerprint density at radius 2 is 0.611 bits per heavy atom. The van der Waals surface area contributed by atoms with E-state index in [1.807, 2.05) is 0 Å². The zero-order valence-electron chi connectivity index (χ0n) is 40.5. The average Bonchev–Trinajstić information content (AvgIpc) is 4.08. The van der Waals surface area contributed by atoms with Gasteiger partial charge in [0.05, 0.1) is 0 Å². The first-order valence-corrected chi connectivity index (χ1v) is 37.6. The first-order chi connectivity index (χ1) is 35.2. The number of furan rings is 2. The Morgan fingerprint density at radius 3 is 1.06 bits per heavy atom. The molecule has 2 aliphatic heterocycles. The minimum absolute atomic E-state index is 0.854. The molecule has 0 aliphatic carbocycles. The second-order valence-corrected chi connectivity index (χ2v) is 39.1. The van der Waals surface area contributed by atoms with Gasteiger partial charge >= 0.3 is 426 Å². The second-order valence-electron chi connectivity index (χ2n) is 21.0. The molecule has 13 aromatic rings. The number of hydrogen-bond donors (Lipinski definition) is 0. The van der Waals surface area contributed by atoms with E-state index in [-0.39, 0.29) is 0 Å². The molecule has 0 unspecified atom stereocenters. The third kappa shape index (κ3) is 6.18. The van der Waals surface area contributed by atoms with Crippen LogP contribution in [0.25, 0.3) is 87.7 Å². The molecule has 11 aromatic carbocycles. The third-order valence-electron chi connectivity index (χ3n) is 16.1. The Kier molecular flexibility index (Phi) is 8.95. The molecule has 0 amide bonds. The first kappa shape index (κ1) is 42.0. The van der Waals surface area contributed by atoms with Gasteiger partial charge in [-0.05, 0) is 0 Å². The number of anilines is 6. The standard InChI is InChI=1S/C66H48Ge2N2O2/c1-67(2)59-21-13-11-19-51(59)53-29-27-49(37-61(53)67)69(45-15-7-5-8-16-45)47-25-23-41-33-55-57-39-66-58(40-65(57)71-63(55)35-43(41)31-47)56-34-42-24-26-48(32-44(42)36-64(56)72-66)70(46-17-9-6-10-18-46)50-28-30-54-52-20-12-14-22-60(52)68(3,4)62(54)38-50/h5-40H,1-4H3. The summed E-state index contributed by atoms with van der Waals surface area (Å²) in [6.07, 6.45) is 0. The molecule has 6 heteroatoms. The van der Waals surface area contributed by atoms with Crippen LogP contribution in [0.15, 0.2) is 227 Å². The number of nitrogens with zero attached hydrogens (tertiary/aromatic N) is 2. The Bertz CT molecular complexity index is 4130. The van der Waals surface area contributed by atoms with Crippen LogP contribution >= 0.6 is 0 Å². The number of para-hydroxylation sites is 2. The Labute approximate surface area is 423 Å².